The van der Waals surface area contributed by atoms with Crippen LogP contribution in [-0.2, 0) is 25.7 Å². The van der Waals surface area contributed by atoms with E-state index in [9.17, 15) is 14.4 Å². The quantitative estimate of drug-likeness (QED) is 0.718. The van der Waals surface area contributed by atoms with Crippen LogP contribution < -0.4 is 5.32 Å². The van der Waals surface area contributed by atoms with Crippen LogP contribution in [0.15, 0.2) is 30.3 Å². The average Bonchev–Trinajstić information content (AvgIpc) is 2.66. The van der Waals surface area contributed by atoms with Crippen molar-refractivity contribution in [1.29, 1.82) is 0 Å². The van der Waals surface area contributed by atoms with Gasteiger partial charge < -0.3 is 10.1 Å². The molecule has 1 aliphatic carbocycles. The van der Waals surface area contributed by atoms with Gasteiger partial charge in [-0.15, -0.1) is 0 Å². The molecule has 0 aliphatic heterocycles. The monoisotopic (exact) mass is 391 g/mol. The molecule has 2 rings (SSSR count). The molecule has 0 radical (unpaired) electrons. The van der Waals surface area contributed by atoms with E-state index < -0.39 is 5.41 Å². The minimum Gasteiger partial charge on any atom is -0.461 e. The molecule has 1 fully saturated rings. The molecule has 1 saturated carbocycles. The molecule has 27 heavy (non-hydrogen) atoms. The van der Waals surface area contributed by atoms with Gasteiger partial charge in [0.1, 0.15) is 6.61 Å². The third kappa shape index (κ3) is 7.01. The van der Waals surface area contributed by atoms with Gasteiger partial charge in [-0.2, -0.15) is 0 Å². The van der Waals surface area contributed by atoms with Crippen molar-refractivity contribution in [1.82, 2.24) is 5.32 Å². The number of esters is 1. The molecule has 0 bridgehead atoms. The fourth-order valence-corrected chi connectivity index (χ4v) is 3.74. The van der Waals surface area contributed by atoms with Crippen molar-refractivity contribution >= 4 is 28.8 Å². The van der Waals surface area contributed by atoms with Gasteiger partial charge in [0.05, 0.1) is 11.3 Å². The lowest BCUT2D eigenvalue weighted by Crippen LogP contribution is -2.46. The van der Waals surface area contributed by atoms with Gasteiger partial charge >= 0.3 is 5.97 Å². The predicted octanol–water partition coefficient (Wildman–Crippen LogP) is 3.71. The van der Waals surface area contributed by atoms with E-state index in [-0.39, 0.29) is 29.0 Å². The van der Waals surface area contributed by atoms with Crippen molar-refractivity contribution in [2.24, 2.45) is 11.3 Å². The molecule has 0 saturated heterocycles. The van der Waals surface area contributed by atoms with Crippen molar-refractivity contribution in [3.05, 3.63) is 35.9 Å². The van der Waals surface area contributed by atoms with E-state index in [1.165, 1.54) is 18.7 Å². The Kier molecular flexibility index (Phi) is 7.90. The Morgan fingerprint density at radius 3 is 2.33 bits per heavy atom. The lowest BCUT2D eigenvalue weighted by molar-refractivity contribution is -0.151. The molecule has 1 aliphatic rings. The summed E-state index contributed by atoms with van der Waals surface area (Å²) in [7, 11) is 0. The zero-order valence-corrected chi connectivity index (χ0v) is 17.1. The Morgan fingerprint density at radius 2 is 1.74 bits per heavy atom. The fourth-order valence-electron chi connectivity index (χ4n) is 3.05. The highest BCUT2D eigenvalue weighted by atomic mass is 32.2. The highest BCUT2D eigenvalue weighted by molar-refractivity contribution is 8.13. The van der Waals surface area contributed by atoms with Crippen molar-refractivity contribution in [3.63, 3.8) is 0 Å². The number of carbonyl (C=O) groups excluding carboxylic acids is 3. The molecule has 148 valence electrons. The largest absolute Gasteiger partial charge is 0.461 e. The maximum Gasteiger partial charge on any atom is 0.309 e. The standard InChI is InChI=1S/C21H29NO4S/c1-15(23)27-14-21(2,3)20(25)22-18-11-9-17(10-12-18)19(24)26-13-16-7-5-4-6-8-16/h4-8,17-18H,9-14H2,1-3H3,(H,22,25). The van der Waals surface area contributed by atoms with Crippen molar-refractivity contribution in [2.75, 3.05) is 5.75 Å². The molecule has 6 heteroatoms. The van der Waals surface area contributed by atoms with Crippen LogP contribution in [-0.4, -0.2) is 28.8 Å². The van der Waals surface area contributed by atoms with Crippen LogP contribution in [0.3, 0.4) is 0 Å². The first-order valence-corrected chi connectivity index (χ1v) is 10.4. The number of benzene rings is 1. The summed E-state index contributed by atoms with van der Waals surface area (Å²) >= 11 is 1.18. The summed E-state index contributed by atoms with van der Waals surface area (Å²) in [5.74, 6) is 0.186. The lowest BCUT2D eigenvalue weighted by Gasteiger charge is -2.31. The normalized spacial score (nSPS) is 20.0. The summed E-state index contributed by atoms with van der Waals surface area (Å²) in [5.41, 5.74) is 0.388. The second-order valence-electron chi connectivity index (χ2n) is 7.78. The zero-order valence-electron chi connectivity index (χ0n) is 16.3. The highest BCUT2D eigenvalue weighted by Gasteiger charge is 2.33. The molecule has 1 aromatic rings. The van der Waals surface area contributed by atoms with E-state index in [4.69, 9.17) is 4.74 Å². The molecule has 0 aromatic heterocycles. The predicted molar refractivity (Wildman–Crippen MR) is 107 cm³/mol. The van der Waals surface area contributed by atoms with Crippen molar-refractivity contribution in [2.45, 2.75) is 59.1 Å². The van der Waals surface area contributed by atoms with E-state index in [1.54, 1.807) is 0 Å². The molecule has 0 heterocycles. The van der Waals surface area contributed by atoms with Crippen LogP contribution in [0.4, 0.5) is 0 Å². The fraction of sp³-hybridized carbons (Fsp3) is 0.571. The maximum atomic E-state index is 12.5. The maximum absolute atomic E-state index is 12.5. The summed E-state index contributed by atoms with van der Waals surface area (Å²) < 4.78 is 5.43. The van der Waals surface area contributed by atoms with Crippen LogP contribution in [0.1, 0.15) is 52.0 Å². The van der Waals surface area contributed by atoms with Crippen LogP contribution >= 0.6 is 11.8 Å². The molecule has 1 amide bonds. The van der Waals surface area contributed by atoms with Crippen molar-refractivity contribution < 1.29 is 19.1 Å². The minimum atomic E-state index is -0.595. The number of hydrogen-bond acceptors (Lipinski definition) is 5. The summed E-state index contributed by atoms with van der Waals surface area (Å²) in [4.78, 5) is 35.9. The van der Waals surface area contributed by atoms with E-state index in [0.29, 0.717) is 12.4 Å². The third-order valence-electron chi connectivity index (χ3n) is 4.87. The number of hydrogen-bond donors (Lipinski definition) is 1. The second-order valence-corrected chi connectivity index (χ2v) is 8.93. The first-order valence-electron chi connectivity index (χ1n) is 9.43. The van der Waals surface area contributed by atoms with Gasteiger partial charge in [-0.25, -0.2) is 0 Å². The second kappa shape index (κ2) is 9.93. The number of nitrogens with one attached hydrogen (secondary N) is 1. The van der Waals surface area contributed by atoms with E-state index >= 15 is 0 Å². The van der Waals surface area contributed by atoms with Crippen LogP contribution in [0, 0.1) is 11.3 Å². The summed E-state index contributed by atoms with van der Waals surface area (Å²) in [5, 5.41) is 3.10. The van der Waals surface area contributed by atoms with E-state index in [1.807, 2.05) is 44.2 Å². The van der Waals surface area contributed by atoms with Crippen LogP contribution in [0.5, 0.6) is 0 Å². The lowest BCUT2D eigenvalue weighted by atomic mass is 9.85. The number of carbonyl (C=O) groups is 3. The summed E-state index contributed by atoms with van der Waals surface area (Å²) in [6.07, 6.45) is 2.99. The van der Waals surface area contributed by atoms with Crippen LogP contribution in [0.25, 0.3) is 0 Å². The molecule has 0 unspecified atom stereocenters. The smallest absolute Gasteiger partial charge is 0.309 e. The molecule has 1 aromatic carbocycles. The van der Waals surface area contributed by atoms with Gasteiger partial charge in [0.15, 0.2) is 5.12 Å². The first kappa shape index (κ1) is 21.5. The Balaban J connectivity index is 1.73. The molecule has 0 spiro atoms. The number of ether oxygens (including phenoxy) is 1. The number of amides is 1. The molecule has 0 atom stereocenters. The molecular weight excluding hydrogens is 362 g/mol. The topological polar surface area (TPSA) is 72.5 Å². The van der Waals surface area contributed by atoms with Crippen molar-refractivity contribution in [3.8, 4) is 0 Å². The van der Waals surface area contributed by atoms with E-state index in [2.05, 4.69) is 5.32 Å². The van der Waals surface area contributed by atoms with Gasteiger partial charge in [0.25, 0.3) is 0 Å². The molecule has 1 N–H and O–H groups in total. The van der Waals surface area contributed by atoms with E-state index in [0.717, 1.165) is 31.2 Å². The summed E-state index contributed by atoms with van der Waals surface area (Å²) in [6, 6.07) is 9.73. The Morgan fingerprint density at radius 1 is 1.11 bits per heavy atom. The molecule has 5 nitrogen and oxygen atoms in total. The van der Waals surface area contributed by atoms with Crippen LogP contribution in [0.2, 0.25) is 0 Å². The molecular formula is C21H29NO4S. The average molecular weight is 392 g/mol. The zero-order chi connectivity index (χ0) is 19.9. The third-order valence-corrected chi connectivity index (χ3v) is 6.14. The number of rotatable bonds is 7. The highest BCUT2D eigenvalue weighted by Crippen LogP contribution is 2.28. The van der Waals surface area contributed by atoms with Gasteiger partial charge in [0, 0.05) is 18.7 Å². The SMILES string of the molecule is CC(=O)SCC(C)(C)C(=O)NC1CCC(C(=O)OCc2ccccc2)CC1. The van der Waals surface area contributed by atoms with Gasteiger partial charge in [-0.05, 0) is 31.2 Å². The summed E-state index contributed by atoms with van der Waals surface area (Å²) in [6.45, 7) is 5.52. The number of thioether (sulfide) groups is 1. The van der Waals surface area contributed by atoms with Gasteiger partial charge in [0.2, 0.25) is 5.91 Å². The Bertz CT molecular complexity index is 651. The minimum absolute atomic E-state index is 0.0189. The Labute approximate surface area is 165 Å². The Hall–Kier alpha value is -1.82. The van der Waals surface area contributed by atoms with Gasteiger partial charge in [-0.1, -0.05) is 55.9 Å². The van der Waals surface area contributed by atoms with Gasteiger partial charge in [-0.3, -0.25) is 14.4 Å². The first-order chi connectivity index (χ1) is 12.8.